The molecule has 3 nitrogen and oxygen atoms in total. The maximum absolute atomic E-state index is 6.13. The summed E-state index contributed by atoms with van der Waals surface area (Å²) in [5.74, 6) is 0.836. The molecule has 0 radical (unpaired) electrons. The van der Waals surface area contributed by atoms with Gasteiger partial charge in [-0.25, -0.2) is 0 Å². The van der Waals surface area contributed by atoms with E-state index in [-0.39, 0.29) is 5.60 Å². The van der Waals surface area contributed by atoms with Gasteiger partial charge in [-0.15, -0.1) is 0 Å². The van der Waals surface area contributed by atoms with Gasteiger partial charge in [-0.1, -0.05) is 20.3 Å². The van der Waals surface area contributed by atoms with Crippen LogP contribution in [0, 0.1) is 5.92 Å². The quantitative estimate of drug-likeness (QED) is 0.689. The van der Waals surface area contributed by atoms with Crippen molar-refractivity contribution < 1.29 is 9.47 Å². The first-order valence-corrected chi connectivity index (χ1v) is 8.45. The summed E-state index contributed by atoms with van der Waals surface area (Å²) >= 11 is 0. The van der Waals surface area contributed by atoms with Crippen LogP contribution < -0.4 is 5.32 Å². The second kappa shape index (κ2) is 9.01. The van der Waals surface area contributed by atoms with Gasteiger partial charge in [0.05, 0.1) is 24.9 Å². The Hall–Kier alpha value is -0.120. The molecule has 3 unspecified atom stereocenters. The van der Waals surface area contributed by atoms with Crippen molar-refractivity contribution in [3.63, 3.8) is 0 Å². The van der Waals surface area contributed by atoms with E-state index in [2.05, 4.69) is 39.9 Å². The fourth-order valence-electron chi connectivity index (χ4n) is 2.88. The molecule has 0 bridgehead atoms. The average molecular weight is 285 g/mol. The Bertz CT molecular complexity index is 250. The van der Waals surface area contributed by atoms with Crippen LogP contribution in [-0.2, 0) is 9.47 Å². The molecular weight excluding hydrogens is 250 g/mol. The molecule has 1 fully saturated rings. The number of rotatable bonds is 8. The number of hydrogen-bond acceptors (Lipinski definition) is 3. The van der Waals surface area contributed by atoms with Gasteiger partial charge in [-0.3, -0.25) is 0 Å². The van der Waals surface area contributed by atoms with Crippen molar-refractivity contribution in [1.82, 2.24) is 5.32 Å². The van der Waals surface area contributed by atoms with Crippen molar-refractivity contribution in [3.8, 4) is 0 Å². The average Bonchev–Trinajstić information content (AvgIpc) is 2.40. The third-order valence-electron chi connectivity index (χ3n) is 4.08. The molecule has 3 atom stereocenters. The molecule has 0 amide bonds. The van der Waals surface area contributed by atoms with Crippen molar-refractivity contribution in [2.24, 2.45) is 5.92 Å². The van der Waals surface area contributed by atoms with Crippen molar-refractivity contribution in [2.75, 3.05) is 19.8 Å². The van der Waals surface area contributed by atoms with Crippen LogP contribution in [0.15, 0.2) is 0 Å². The topological polar surface area (TPSA) is 30.5 Å². The van der Waals surface area contributed by atoms with Gasteiger partial charge >= 0.3 is 0 Å². The van der Waals surface area contributed by atoms with E-state index < -0.39 is 0 Å². The van der Waals surface area contributed by atoms with Crippen LogP contribution >= 0.6 is 0 Å². The van der Waals surface area contributed by atoms with Crippen molar-refractivity contribution in [2.45, 2.75) is 84.5 Å². The third-order valence-corrected chi connectivity index (χ3v) is 4.08. The normalized spacial score (nSPS) is 27.8. The zero-order valence-electron chi connectivity index (χ0n) is 14.2. The number of hydrogen-bond donors (Lipinski definition) is 1. The Morgan fingerprint density at radius 3 is 2.45 bits per heavy atom. The molecule has 1 N–H and O–H groups in total. The van der Waals surface area contributed by atoms with Gasteiger partial charge in [-0.05, 0) is 58.9 Å². The summed E-state index contributed by atoms with van der Waals surface area (Å²) in [5.41, 5.74) is -0.0677. The van der Waals surface area contributed by atoms with Gasteiger partial charge in [0, 0.05) is 6.04 Å². The van der Waals surface area contributed by atoms with Crippen LogP contribution in [-0.4, -0.2) is 37.5 Å². The standard InChI is InChI=1S/C17H35NO2/c1-6-10-18-15-9-8-14(7-2)13-16(15)19-11-12-20-17(3,4)5/h14-16,18H,6-13H2,1-5H3. The predicted molar refractivity (Wildman–Crippen MR) is 85.2 cm³/mol. The van der Waals surface area contributed by atoms with E-state index in [0.29, 0.717) is 25.4 Å². The second-order valence-corrected chi connectivity index (χ2v) is 7.02. The molecule has 0 aromatic rings. The minimum absolute atomic E-state index is 0.0677. The van der Waals surface area contributed by atoms with Crippen LogP contribution in [0.25, 0.3) is 0 Å². The molecule has 0 aromatic heterocycles. The minimum atomic E-state index is -0.0677. The molecule has 0 aliphatic heterocycles. The van der Waals surface area contributed by atoms with Crippen molar-refractivity contribution in [3.05, 3.63) is 0 Å². The minimum Gasteiger partial charge on any atom is -0.374 e. The predicted octanol–water partition coefficient (Wildman–Crippen LogP) is 3.77. The van der Waals surface area contributed by atoms with Crippen LogP contribution in [0.2, 0.25) is 0 Å². The van der Waals surface area contributed by atoms with Gasteiger partial charge in [0.25, 0.3) is 0 Å². The zero-order valence-corrected chi connectivity index (χ0v) is 14.2. The highest BCUT2D eigenvalue weighted by Gasteiger charge is 2.29. The molecule has 1 saturated carbocycles. The Morgan fingerprint density at radius 1 is 1.10 bits per heavy atom. The fraction of sp³-hybridized carbons (Fsp3) is 1.00. The lowest BCUT2D eigenvalue weighted by atomic mass is 9.82. The number of ether oxygens (including phenoxy) is 2. The smallest absolute Gasteiger partial charge is 0.0731 e. The van der Waals surface area contributed by atoms with Gasteiger partial charge in [0.15, 0.2) is 0 Å². The van der Waals surface area contributed by atoms with Gasteiger partial charge in [0.2, 0.25) is 0 Å². The lowest BCUT2D eigenvalue weighted by Gasteiger charge is -2.36. The van der Waals surface area contributed by atoms with Crippen molar-refractivity contribution >= 4 is 0 Å². The monoisotopic (exact) mass is 285 g/mol. The largest absolute Gasteiger partial charge is 0.374 e. The Morgan fingerprint density at radius 2 is 1.85 bits per heavy atom. The van der Waals surface area contributed by atoms with E-state index in [1.54, 1.807) is 0 Å². The van der Waals surface area contributed by atoms with Crippen LogP contribution in [0.1, 0.15) is 66.7 Å². The maximum Gasteiger partial charge on any atom is 0.0731 e. The van der Waals surface area contributed by atoms with Crippen LogP contribution in [0.3, 0.4) is 0 Å². The molecular formula is C17H35NO2. The van der Waals surface area contributed by atoms with E-state index in [1.165, 1.54) is 32.1 Å². The van der Waals surface area contributed by atoms with Gasteiger partial charge < -0.3 is 14.8 Å². The molecule has 1 aliphatic carbocycles. The van der Waals surface area contributed by atoms with Crippen LogP contribution in [0.5, 0.6) is 0 Å². The van der Waals surface area contributed by atoms with E-state index in [1.807, 2.05) is 0 Å². The first-order chi connectivity index (χ1) is 9.46. The number of nitrogens with one attached hydrogen (secondary N) is 1. The maximum atomic E-state index is 6.13. The first kappa shape index (κ1) is 17.9. The lowest BCUT2D eigenvalue weighted by Crippen LogP contribution is -2.46. The molecule has 0 heterocycles. The van der Waals surface area contributed by atoms with E-state index >= 15 is 0 Å². The summed E-state index contributed by atoms with van der Waals surface area (Å²) in [4.78, 5) is 0. The van der Waals surface area contributed by atoms with Crippen molar-refractivity contribution in [1.29, 1.82) is 0 Å². The summed E-state index contributed by atoms with van der Waals surface area (Å²) < 4.78 is 11.9. The fourth-order valence-corrected chi connectivity index (χ4v) is 2.88. The molecule has 20 heavy (non-hydrogen) atoms. The third kappa shape index (κ3) is 7.05. The molecule has 1 rings (SSSR count). The lowest BCUT2D eigenvalue weighted by molar-refractivity contribution is -0.0699. The van der Waals surface area contributed by atoms with Gasteiger partial charge in [-0.2, -0.15) is 0 Å². The summed E-state index contributed by atoms with van der Waals surface area (Å²) in [5, 5.41) is 3.66. The summed E-state index contributed by atoms with van der Waals surface area (Å²) in [6, 6.07) is 0.535. The highest BCUT2D eigenvalue weighted by molar-refractivity contribution is 4.85. The summed E-state index contributed by atoms with van der Waals surface area (Å²) in [6.45, 7) is 13.3. The Balaban J connectivity index is 2.35. The zero-order chi connectivity index (χ0) is 15.0. The second-order valence-electron chi connectivity index (χ2n) is 7.02. The van der Waals surface area contributed by atoms with E-state index in [9.17, 15) is 0 Å². The highest BCUT2D eigenvalue weighted by Crippen LogP contribution is 2.29. The summed E-state index contributed by atoms with van der Waals surface area (Å²) in [6.07, 6.45) is 6.63. The molecule has 1 aliphatic rings. The summed E-state index contributed by atoms with van der Waals surface area (Å²) in [7, 11) is 0. The molecule has 0 spiro atoms. The van der Waals surface area contributed by atoms with E-state index in [4.69, 9.17) is 9.47 Å². The van der Waals surface area contributed by atoms with E-state index in [0.717, 1.165) is 12.5 Å². The molecule has 0 saturated heterocycles. The Labute approximate surface area is 125 Å². The SMILES string of the molecule is CCCNC1CCC(CC)CC1OCCOC(C)(C)C. The molecule has 0 aromatic carbocycles. The van der Waals surface area contributed by atoms with Crippen LogP contribution in [0.4, 0.5) is 0 Å². The Kier molecular flexibility index (Phi) is 8.08. The molecule has 3 heteroatoms. The molecule has 120 valence electrons. The highest BCUT2D eigenvalue weighted by atomic mass is 16.5. The van der Waals surface area contributed by atoms with Gasteiger partial charge in [0.1, 0.15) is 0 Å². The first-order valence-electron chi connectivity index (χ1n) is 8.45.